The van der Waals surface area contributed by atoms with E-state index in [4.69, 9.17) is 4.74 Å². The van der Waals surface area contributed by atoms with Gasteiger partial charge in [-0.1, -0.05) is 0 Å². The molecule has 0 bridgehead atoms. The fourth-order valence-corrected chi connectivity index (χ4v) is 2.23. The summed E-state index contributed by atoms with van der Waals surface area (Å²) < 4.78 is 7.19. The molecule has 1 aromatic heterocycles. The average molecular weight is 272 g/mol. The number of aromatic nitrogens is 1. The third-order valence-electron chi connectivity index (χ3n) is 3.18. The molecule has 0 fully saturated rings. The molecule has 0 saturated heterocycles. The zero-order valence-corrected chi connectivity index (χ0v) is 11.7. The maximum atomic E-state index is 10.4. The molecule has 104 valence electrons. The zero-order chi connectivity index (χ0) is 14.7. The minimum Gasteiger partial charge on any atom is -0.497 e. The molecule has 5 heteroatoms. The van der Waals surface area contributed by atoms with Gasteiger partial charge in [0.05, 0.1) is 12.0 Å². The Bertz CT molecular complexity index is 655. The Morgan fingerprint density at radius 3 is 2.45 bits per heavy atom. The van der Waals surface area contributed by atoms with Crippen molar-refractivity contribution in [3.8, 4) is 11.4 Å². The Hall–Kier alpha value is -2.56. The van der Waals surface area contributed by atoms with E-state index in [1.54, 1.807) is 7.11 Å². The smallest absolute Gasteiger partial charge is 0.235 e. The number of aryl methyl sites for hydroxylation is 1. The predicted octanol–water partition coefficient (Wildman–Crippen LogP) is 3.35. The van der Waals surface area contributed by atoms with Crippen molar-refractivity contribution in [2.45, 2.75) is 13.8 Å². The molecule has 0 aliphatic heterocycles. The number of methoxy groups -OCH3 is 1. The van der Waals surface area contributed by atoms with Gasteiger partial charge in [0.2, 0.25) is 6.20 Å². The summed E-state index contributed by atoms with van der Waals surface area (Å²) in [6, 6.07) is 9.63. The first-order valence-electron chi connectivity index (χ1n) is 6.18. The van der Waals surface area contributed by atoms with Gasteiger partial charge in [-0.2, -0.15) is 0 Å². The normalized spacial score (nSPS) is 10.9. The summed E-state index contributed by atoms with van der Waals surface area (Å²) in [5, 5.41) is 10.4. The third kappa shape index (κ3) is 2.71. The van der Waals surface area contributed by atoms with Crippen molar-refractivity contribution < 1.29 is 9.66 Å². The van der Waals surface area contributed by atoms with E-state index in [1.807, 2.05) is 44.2 Å². The Kier molecular flexibility index (Phi) is 3.89. The molecular weight excluding hydrogens is 256 g/mol. The van der Waals surface area contributed by atoms with Crippen molar-refractivity contribution in [2.75, 3.05) is 7.11 Å². The second-order valence-corrected chi connectivity index (χ2v) is 4.46. The standard InChI is InChI=1S/C15H16N2O3/c1-11-10-13(8-9-16(18)19)12(2)17(11)14-4-6-15(20-3)7-5-14/h4-10H,1-3H3/b9-8-. The fraction of sp³-hybridized carbons (Fsp3) is 0.200. The lowest BCUT2D eigenvalue weighted by Crippen LogP contribution is -1.99. The molecule has 0 aliphatic rings. The molecule has 0 amide bonds. The lowest BCUT2D eigenvalue weighted by atomic mass is 10.2. The average Bonchev–Trinajstić information content (AvgIpc) is 2.71. The summed E-state index contributed by atoms with van der Waals surface area (Å²) in [6.07, 6.45) is 2.47. The molecule has 0 saturated carbocycles. The summed E-state index contributed by atoms with van der Waals surface area (Å²) in [4.78, 5) is 9.96. The first kappa shape index (κ1) is 13.9. The Morgan fingerprint density at radius 2 is 1.90 bits per heavy atom. The lowest BCUT2D eigenvalue weighted by molar-refractivity contribution is -0.400. The number of rotatable bonds is 4. The molecule has 0 unspecified atom stereocenters. The Balaban J connectivity index is 2.43. The minimum atomic E-state index is -0.459. The van der Waals surface area contributed by atoms with E-state index in [0.29, 0.717) is 0 Å². The predicted molar refractivity (Wildman–Crippen MR) is 77.8 cm³/mol. The van der Waals surface area contributed by atoms with Crippen molar-refractivity contribution in [1.82, 2.24) is 4.57 Å². The molecule has 0 N–H and O–H groups in total. The maximum absolute atomic E-state index is 10.4. The van der Waals surface area contributed by atoms with Crippen molar-refractivity contribution in [3.05, 3.63) is 63.6 Å². The highest BCUT2D eigenvalue weighted by atomic mass is 16.6. The molecule has 2 rings (SSSR count). The Morgan fingerprint density at radius 1 is 1.25 bits per heavy atom. The molecule has 20 heavy (non-hydrogen) atoms. The quantitative estimate of drug-likeness (QED) is 0.633. The topological polar surface area (TPSA) is 57.3 Å². The molecule has 1 heterocycles. The number of nitrogens with zero attached hydrogens (tertiary/aromatic N) is 2. The number of nitro groups is 1. The van der Waals surface area contributed by atoms with Crippen LogP contribution in [-0.4, -0.2) is 16.6 Å². The molecule has 0 spiro atoms. The first-order valence-corrected chi connectivity index (χ1v) is 6.18. The summed E-state index contributed by atoms with van der Waals surface area (Å²) >= 11 is 0. The molecule has 0 aliphatic carbocycles. The van der Waals surface area contributed by atoms with Crippen LogP contribution in [0.3, 0.4) is 0 Å². The molecule has 5 nitrogen and oxygen atoms in total. The van der Waals surface area contributed by atoms with Gasteiger partial charge >= 0.3 is 0 Å². The van der Waals surface area contributed by atoms with Crippen molar-refractivity contribution in [1.29, 1.82) is 0 Å². The molecule has 2 aromatic rings. The van der Waals surface area contributed by atoms with Crippen molar-refractivity contribution in [2.24, 2.45) is 0 Å². The van der Waals surface area contributed by atoms with E-state index in [9.17, 15) is 10.1 Å². The van der Waals surface area contributed by atoms with Gasteiger partial charge < -0.3 is 9.30 Å². The second kappa shape index (κ2) is 5.61. The zero-order valence-electron chi connectivity index (χ0n) is 11.7. The molecular formula is C15H16N2O3. The van der Waals surface area contributed by atoms with Crippen molar-refractivity contribution in [3.63, 3.8) is 0 Å². The molecule has 0 radical (unpaired) electrons. The van der Waals surface area contributed by atoms with E-state index in [-0.39, 0.29) is 0 Å². The van der Waals surface area contributed by atoms with Crippen LogP contribution in [0.15, 0.2) is 36.5 Å². The van der Waals surface area contributed by atoms with E-state index in [0.717, 1.165) is 34.6 Å². The van der Waals surface area contributed by atoms with Gasteiger partial charge in [-0.05, 0) is 44.2 Å². The fourth-order valence-electron chi connectivity index (χ4n) is 2.23. The van der Waals surface area contributed by atoms with Gasteiger partial charge in [0, 0.05) is 28.7 Å². The number of ether oxygens (including phenoxy) is 1. The summed E-state index contributed by atoms with van der Waals surface area (Å²) in [5.74, 6) is 0.796. The van der Waals surface area contributed by atoms with Gasteiger partial charge in [0.25, 0.3) is 0 Å². The highest BCUT2D eigenvalue weighted by molar-refractivity contribution is 5.56. The van der Waals surface area contributed by atoms with Gasteiger partial charge in [0.1, 0.15) is 5.75 Å². The van der Waals surface area contributed by atoms with E-state index in [1.165, 1.54) is 6.08 Å². The van der Waals surface area contributed by atoms with Gasteiger partial charge in [-0.3, -0.25) is 10.1 Å². The SMILES string of the molecule is COc1ccc(-n2c(C)cc(/C=C\[N+](=O)[O-])c2C)cc1. The van der Waals surface area contributed by atoms with Crippen LogP contribution in [0.4, 0.5) is 0 Å². The highest BCUT2D eigenvalue weighted by Crippen LogP contribution is 2.23. The summed E-state index contributed by atoms with van der Waals surface area (Å²) in [7, 11) is 1.63. The summed E-state index contributed by atoms with van der Waals surface area (Å²) in [5.41, 5.74) is 3.83. The highest BCUT2D eigenvalue weighted by Gasteiger charge is 2.09. The number of hydrogen-bond acceptors (Lipinski definition) is 3. The van der Waals surface area contributed by atoms with Crippen LogP contribution in [0.1, 0.15) is 17.0 Å². The van der Waals surface area contributed by atoms with Gasteiger partial charge in [-0.25, -0.2) is 0 Å². The monoisotopic (exact) mass is 272 g/mol. The number of benzene rings is 1. The Labute approximate surface area is 117 Å². The van der Waals surface area contributed by atoms with Crippen LogP contribution in [0.5, 0.6) is 5.75 Å². The summed E-state index contributed by atoms with van der Waals surface area (Å²) in [6.45, 7) is 3.91. The van der Waals surface area contributed by atoms with Crippen LogP contribution in [0, 0.1) is 24.0 Å². The first-order chi connectivity index (χ1) is 9.52. The largest absolute Gasteiger partial charge is 0.497 e. The van der Waals surface area contributed by atoms with Crippen LogP contribution < -0.4 is 4.74 Å². The van der Waals surface area contributed by atoms with Crippen LogP contribution in [0.25, 0.3) is 11.8 Å². The van der Waals surface area contributed by atoms with Gasteiger partial charge in [-0.15, -0.1) is 0 Å². The van der Waals surface area contributed by atoms with E-state index >= 15 is 0 Å². The molecule has 0 atom stereocenters. The van der Waals surface area contributed by atoms with Gasteiger partial charge in [0.15, 0.2) is 0 Å². The van der Waals surface area contributed by atoms with Crippen LogP contribution in [0.2, 0.25) is 0 Å². The van der Waals surface area contributed by atoms with Crippen LogP contribution >= 0.6 is 0 Å². The van der Waals surface area contributed by atoms with Crippen LogP contribution in [-0.2, 0) is 0 Å². The van der Waals surface area contributed by atoms with Crippen molar-refractivity contribution >= 4 is 6.08 Å². The lowest BCUT2D eigenvalue weighted by Gasteiger charge is -2.10. The van der Waals surface area contributed by atoms with E-state index < -0.39 is 4.92 Å². The maximum Gasteiger partial charge on any atom is 0.235 e. The number of hydrogen-bond donors (Lipinski definition) is 0. The van der Waals surface area contributed by atoms with E-state index in [2.05, 4.69) is 4.57 Å². The third-order valence-corrected chi connectivity index (χ3v) is 3.18. The minimum absolute atomic E-state index is 0.459. The second-order valence-electron chi connectivity index (χ2n) is 4.46. The molecule has 1 aromatic carbocycles.